The third-order valence-corrected chi connectivity index (χ3v) is 3.57. The predicted octanol–water partition coefficient (Wildman–Crippen LogP) is 4.42. The lowest BCUT2D eigenvalue weighted by molar-refractivity contribution is 0.367. The second-order valence-corrected chi connectivity index (χ2v) is 6.64. The Morgan fingerprint density at radius 3 is 2.33 bits per heavy atom. The molecule has 2 aromatic rings. The van der Waals surface area contributed by atoms with Crippen LogP contribution in [0.2, 0.25) is 0 Å². The summed E-state index contributed by atoms with van der Waals surface area (Å²) >= 11 is 0. The number of aromatic hydroxyl groups is 1. The highest BCUT2D eigenvalue weighted by Crippen LogP contribution is 2.33. The first-order chi connectivity index (χ1) is 9.90. The molecule has 0 unspecified atom stereocenters. The van der Waals surface area contributed by atoms with Gasteiger partial charge in [0.25, 0.3) is 0 Å². The van der Waals surface area contributed by atoms with Crippen LogP contribution in [-0.2, 0) is 13.0 Å². The normalized spacial score (nSPS) is 11.6. The number of hydrogen-bond donors (Lipinski definition) is 1. The minimum atomic E-state index is 0.329. The van der Waals surface area contributed by atoms with Crippen molar-refractivity contribution in [2.45, 2.75) is 47.6 Å². The van der Waals surface area contributed by atoms with Crippen LogP contribution in [0.25, 0.3) is 11.3 Å². The van der Waals surface area contributed by atoms with E-state index in [1.54, 1.807) is 4.68 Å². The summed E-state index contributed by atoms with van der Waals surface area (Å²) in [5.41, 5.74) is 4.21. The second kappa shape index (κ2) is 6.33. The van der Waals surface area contributed by atoms with E-state index in [0.29, 0.717) is 17.7 Å². The van der Waals surface area contributed by atoms with Gasteiger partial charge in [-0.1, -0.05) is 52.0 Å². The number of rotatable bonds is 5. The first-order valence-corrected chi connectivity index (χ1v) is 7.74. The van der Waals surface area contributed by atoms with Crippen molar-refractivity contribution >= 4 is 0 Å². The Hall–Kier alpha value is -1.77. The van der Waals surface area contributed by atoms with E-state index >= 15 is 0 Å². The Bertz CT molecular complexity index is 612. The monoisotopic (exact) mass is 286 g/mol. The van der Waals surface area contributed by atoms with Crippen LogP contribution in [0.5, 0.6) is 5.88 Å². The van der Waals surface area contributed by atoms with Crippen molar-refractivity contribution in [1.82, 2.24) is 9.78 Å². The van der Waals surface area contributed by atoms with Gasteiger partial charge in [-0.15, -0.1) is 0 Å². The molecule has 21 heavy (non-hydrogen) atoms. The van der Waals surface area contributed by atoms with Crippen LogP contribution in [-0.4, -0.2) is 14.9 Å². The molecule has 0 saturated heterocycles. The van der Waals surface area contributed by atoms with E-state index in [-0.39, 0.29) is 0 Å². The van der Waals surface area contributed by atoms with Crippen LogP contribution in [0.4, 0.5) is 0 Å². The van der Waals surface area contributed by atoms with Gasteiger partial charge in [-0.05, 0) is 30.7 Å². The standard InChI is InChI=1S/C18H26N2O/c1-12(2)10-16-17(15-9-7-6-8-14(15)5)19-20(18(16)21)11-13(3)4/h6-9,12-13,21H,10-11H2,1-5H3. The molecule has 2 rings (SSSR count). The van der Waals surface area contributed by atoms with Crippen molar-refractivity contribution in [1.29, 1.82) is 0 Å². The molecule has 3 nitrogen and oxygen atoms in total. The molecule has 3 heteroatoms. The molecule has 0 aliphatic rings. The molecule has 0 radical (unpaired) electrons. The molecule has 0 saturated carbocycles. The molecule has 114 valence electrons. The molecule has 1 N–H and O–H groups in total. The van der Waals surface area contributed by atoms with E-state index in [4.69, 9.17) is 5.10 Å². The summed E-state index contributed by atoms with van der Waals surface area (Å²) < 4.78 is 1.75. The maximum Gasteiger partial charge on any atom is 0.213 e. The quantitative estimate of drug-likeness (QED) is 0.883. The second-order valence-electron chi connectivity index (χ2n) is 6.64. The summed E-state index contributed by atoms with van der Waals surface area (Å²) in [6, 6.07) is 8.24. The Morgan fingerprint density at radius 2 is 1.76 bits per heavy atom. The molecule has 0 aliphatic carbocycles. The van der Waals surface area contributed by atoms with Gasteiger partial charge in [0, 0.05) is 17.7 Å². The Balaban J connectivity index is 2.55. The molecule has 1 aromatic heterocycles. The average Bonchev–Trinajstić information content (AvgIpc) is 2.67. The maximum atomic E-state index is 10.6. The van der Waals surface area contributed by atoms with E-state index < -0.39 is 0 Å². The van der Waals surface area contributed by atoms with Crippen molar-refractivity contribution in [3.63, 3.8) is 0 Å². The minimum absolute atomic E-state index is 0.329. The van der Waals surface area contributed by atoms with Gasteiger partial charge >= 0.3 is 0 Å². The minimum Gasteiger partial charge on any atom is -0.493 e. The predicted molar refractivity (Wildman–Crippen MR) is 87.4 cm³/mol. The fraction of sp³-hybridized carbons (Fsp3) is 0.500. The Labute approximate surface area is 127 Å². The maximum absolute atomic E-state index is 10.6. The highest BCUT2D eigenvalue weighted by Gasteiger charge is 2.20. The van der Waals surface area contributed by atoms with Crippen LogP contribution < -0.4 is 0 Å². The molecule has 1 heterocycles. The lowest BCUT2D eigenvalue weighted by atomic mass is 9.97. The van der Waals surface area contributed by atoms with E-state index in [1.165, 1.54) is 5.56 Å². The van der Waals surface area contributed by atoms with Gasteiger partial charge in [-0.3, -0.25) is 0 Å². The van der Waals surface area contributed by atoms with Gasteiger partial charge < -0.3 is 5.11 Å². The topological polar surface area (TPSA) is 38.0 Å². The van der Waals surface area contributed by atoms with Gasteiger partial charge in [0.05, 0.1) is 5.69 Å². The van der Waals surface area contributed by atoms with Gasteiger partial charge in [0.1, 0.15) is 0 Å². The molecule has 1 aromatic carbocycles. The average molecular weight is 286 g/mol. The van der Waals surface area contributed by atoms with Gasteiger partial charge in [-0.25, -0.2) is 4.68 Å². The summed E-state index contributed by atoms with van der Waals surface area (Å²) in [4.78, 5) is 0. The summed E-state index contributed by atoms with van der Waals surface area (Å²) in [6.07, 6.45) is 0.841. The van der Waals surface area contributed by atoms with E-state index in [0.717, 1.165) is 29.8 Å². The molecular formula is C18H26N2O. The first-order valence-electron chi connectivity index (χ1n) is 7.74. The summed E-state index contributed by atoms with van der Waals surface area (Å²) in [5, 5.41) is 15.3. The van der Waals surface area contributed by atoms with Gasteiger partial charge in [0.15, 0.2) is 0 Å². The van der Waals surface area contributed by atoms with Crippen molar-refractivity contribution in [3.05, 3.63) is 35.4 Å². The molecule has 0 bridgehead atoms. The Morgan fingerprint density at radius 1 is 1.10 bits per heavy atom. The smallest absolute Gasteiger partial charge is 0.213 e. The van der Waals surface area contributed by atoms with Gasteiger partial charge in [-0.2, -0.15) is 5.10 Å². The first kappa shape index (κ1) is 15.6. The molecule has 0 fully saturated rings. The number of benzene rings is 1. The number of aromatic nitrogens is 2. The number of nitrogens with zero attached hydrogens (tertiary/aromatic N) is 2. The zero-order chi connectivity index (χ0) is 15.6. The number of hydrogen-bond acceptors (Lipinski definition) is 2. The van der Waals surface area contributed by atoms with Crippen molar-refractivity contribution in [2.75, 3.05) is 0 Å². The lowest BCUT2D eigenvalue weighted by Gasteiger charge is -2.08. The SMILES string of the molecule is Cc1ccccc1-c1nn(CC(C)C)c(O)c1CC(C)C. The van der Waals surface area contributed by atoms with Crippen LogP contribution in [0.3, 0.4) is 0 Å². The van der Waals surface area contributed by atoms with E-state index in [1.807, 2.05) is 12.1 Å². The van der Waals surface area contributed by atoms with Crippen LogP contribution in [0, 0.1) is 18.8 Å². The van der Waals surface area contributed by atoms with Crippen LogP contribution in [0.1, 0.15) is 38.8 Å². The molecule has 0 atom stereocenters. The summed E-state index contributed by atoms with van der Waals surface area (Å²) in [6.45, 7) is 11.4. The largest absolute Gasteiger partial charge is 0.493 e. The summed E-state index contributed by atoms with van der Waals surface area (Å²) in [5.74, 6) is 1.26. The zero-order valence-corrected chi connectivity index (χ0v) is 13.7. The molecular weight excluding hydrogens is 260 g/mol. The van der Waals surface area contributed by atoms with E-state index in [2.05, 4.69) is 46.8 Å². The fourth-order valence-electron chi connectivity index (χ4n) is 2.61. The molecule has 0 aliphatic heterocycles. The van der Waals surface area contributed by atoms with Crippen molar-refractivity contribution in [3.8, 4) is 17.1 Å². The van der Waals surface area contributed by atoms with Crippen LogP contribution >= 0.6 is 0 Å². The lowest BCUT2D eigenvalue weighted by Crippen LogP contribution is -2.05. The van der Waals surface area contributed by atoms with Crippen molar-refractivity contribution in [2.24, 2.45) is 11.8 Å². The zero-order valence-electron chi connectivity index (χ0n) is 13.7. The summed E-state index contributed by atoms with van der Waals surface area (Å²) in [7, 11) is 0. The highest BCUT2D eigenvalue weighted by atomic mass is 16.3. The van der Waals surface area contributed by atoms with Gasteiger partial charge in [0.2, 0.25) is 5.88 Å². The van der Waals surface area contributed by atoms with Crippen molar-refractivity contribution < 1.29 is 5.11 Å². The molecule has 0 amide bonds. The van der Waals surface area contributed by atoms with E-state index in [9.17, 15) is 5.11 Å². The fourth-order valence-corrected chi connectivity index (χ4v) is 2.61. The third kappa shape index (κ3) is 3.46. The number of aryl methyl sites for hydroxylation is 1. The highest BCUT2D eigenvalue weighted by molar-refractivity contribution is 5.68. The Kier molecular flexibility index (Phi) is 4.71. The van der Waals surface area contributed by atoms with Crippen LogP contribution in [0.15, 0.2) is 24.3 Å². The third-order valence-electron chi connectivity index (χ3n) is 3.57. The molecule has 0 spiro atoms.